The predicted octanol–water partition coefficient (Wildman–Crippen LogP) is 4.25. The number of nitrogens with one attached hydrogen (secondary N) is 1. The van der Waals surface area contributed by atoms with Crippen LogP contribution >= 0.6 is 11.3 Å². The molecule has 3 N–H and O–H groups in total. The molecular formula is C25H21N5O4S. The number of thiophene rings is 1. The monoisotopic (exact) mass is 487 g/mol. The Morgan fingerprint density at radius 1 is 1.09 bits per heavy atom. The normalized spacial score (nSPS) is 11.1. The Kier molecular flexibility index (Phi) is 6.36. The number of fused-ring (bicyclic) bond motifs is 1. The molecule has 0 fully saturated rings. The lowest BCUT2D eigenvalue weighted by Gasteiger charge is -2.09. The number of nitrogens with two attached hydrogens (primary N) is 1. The second-order valence-corrected chi connectivity index (χ2v) is 8.86. The van der Waals surface area contributed by atoms with Gasteiger partial charge in [-0.05, 0) is 72.3 Å². The number of para-hydroxylation sites is 1. The molecule has 0 aliphatic rings. The lowest BCUT2D eigenvalue weighted by Crippen LogP contribution is -2.12. The van der Waals surface area contributed by atoms with Gasteiger partial charge in [-0.1, -0.05) is 12.1 Å². The number of carbonyl (C=O) groups excluding carboxylic acids is 1. The van der Waals surface area contributed by atoms with E-state index in [0.29, 0.717) is 17.9 Å². The molecule has 0 amide bonds. The lowest BCUT2D eigenvalue weighted by molar-refractivity contribution is 0.103. The van der Waals surface area contributed by atoms with E-state index in [0.717, 1.165) is 19.3 Å². The molecule has 3 heterocycles. The SMILES string of the molecule is Nc1c(-c2nn[nH]n2)oc2c(C(=O)c3ccc(OCCCCc4cccs4)cc3)cccc2c1=O. The van der Waals surface area contributed by atoms with Gasteiger partial charge in [-0.3, -0.25) is 9.59 Å². The standard InChI is InChI=1S/C25H21N5O4S/c26-20-22(32)19-8-3-7-18(23(19)34-24(20)25-27-29-30-28-25)21(31)15-9-11-16(12-10-15)33-13-2-1-5-17-6-4-14-35-17/h3-4,6-12,14H,1-2,5,13,26H2,(H,27,28,29,30). The van der Waals surface area contributed by atoms with Crippen LogP contribution in [0.2, 0.25) is 0 Å². The molecule has 35 heavy (non-hydrogen) atoms. The van der Waals surface area contributed by atoms with E-state index in [4.69, 9.17) is 14.9 Å². The zero-order valence-corrected chi connectivity index (χ0v) is 19.4. The van der Waals surface area contributed by atoms with Crippen LogP contribution in [0.1, 0.15) is 33.6 Å². The highest BCUT2D eigenvalue weighted by atomic mass is 32.1. The molecule has 2 aromatic carbocycles. The summed E-state index contributed by atoms with van der Waals surface area (Å²) >= 11 is 1.77. The summed E-state index contributed by atoms with van der Waals surface area (Å²) in [7, 11) is 0. The lowest BCUT2D eigenvalue weighted by atomic mass is 10.0. The number of aromatic nitrogens is 4. The van der Waals surface area contributed by atoms with Crippen LogP contribution in [0.25, 0.3) is 22.6 Å². The quantitative estimate of drug-likeness (QED) is 0.233. The number of hydrogen-bond acceptors (Lipinski definition) is 9. The molecule has 0 aliphatic carbocycles. The third-order valence-electron chi connectivity index (χ3n) is 5.53. The number of aromatic amines is 1. The molecule has 0 saturated heterocycles. The van der Waals surface area contributed by atoms with Crippen LogP contribution in [0.5, 0.6) is 5.75 Å². The molecule has 10 heteroatoms. The molecule has 3 aromatic heterocycles. The smallest absolute Gasteiger partial charge is 0.242 e. The molecule has 0 unspecified atom stereocenters. The summed E-state index contributed by atoms with van der Waals surface area (Å²) < 4.78 is 11.7. The van der Waals surface area contributed by atoms with E-state index in [1.807, 2.05) is 0 Å². The summed E-state index contributed by atoms with van der Waals surface area (Å²) in [6.45, 7) is 0.605. The molecule has 0 aliphatic heterocycles. The Bertz CT molecular complexity index is 1510. The minimum Gasteiger partial charge on any atom is -0.494 e. The van der Waals surface area contributed by atoms with E-state index in [1.54, 1.807) is 53.8 Å². The molecule has 0 saturated carbocycles. The summed E-state index contributed by atoms with van der Waals surface area (Å²) in [5.41, 5.74) is 6.10. The summed E-state index contributed by atoms with van der Waals surface area (Å²) in [4.78, 5) is 27.5. The third kappa shape index (κ3) is 4.69. The van der Waals surface area contributed by atoms with Crippen molar-refractivity contribution in [3.8, 4) is 17.3 Å². The van der Waals surface area contributed by atoms with E-state index in [9.17, 15) is 9.59 Å². The molecule has 0 radical (unpaired) electrons. The highest BCUT2D eigenvalue weighted by Crippen LogP contribution is 2.28. The van der Waals surface area contributed by atoms with E-state index >= 15 is 0 Å². The van der Waals surface area contributed by atoms with Gasteiger partial charge in [-0.15, -0.1) is 21.5 Å². The van der Waals surface area contributed by atoms with Crippen molar-refractivity contribution in [3.05, 3.63) is 86.2 Å². The second-order valence-electron chi connectivity index (χ2n) is 7.83. The topological polar surface area (TPSA) is 137 Å². The van der Waals surface area contributed by atoms with Gasteiger partial charge in [0.25, 0.3) is 0 Å². The van der Waals surface area contributed by atoms with Crippen LogP contribution in [0.4, 0.5) is 5.69 Å². The van der Waals surface area contributed by atoms with Crippen molar-refractivity contribution in [1.29, 1.82) is 0 Å². The predicted molar refractivity (Wildman–Crippen MR) is 133 cm³/mol. The van der Waals surface area contributed by atoms with Crippen molar-refractivity contribution in [3.63, 3.8) is 0 Å². The maximum Gasteiger partial charge on any atom is 0.242 e. The number of ketones is 1. The Labute approximate surface area is 203 Å². The first-order chi connectivity index (χ1) is 17.1. The molecule has 5 rings (SSSR count). The van der Waals surface area contributed by atoms with E-state index in [-0.39, 0.29) is 39.6 Å². The van der Waals surface area contributed by atoms with Crippen LogP contribution < -0.4 is 15.9 Å². The number of H-pyrrole nitrogens is 1. The minimum absolute atomic E-state index is 0.0284. The number of nitrogen functional groups attached to an aromatic ring is 1. The highest BCUT2D eigenvalue weighted by Gasteiger charge is 2.21. The molecule has 5 aromatic rings. The fourth-order valence-electron chi connectivity index (χ4n) is 3.74. The number of hydrogen-bond donors (Lipinski definition) is 2. The molecule has 0 atom stereocenters. The third-order valence-corrected chi connectivity index (χ3v) is 6.47. The van der Waals surface area contributed by atoms with Gasteiger partial charge < -0.3 is 14.9 Å². The number of anilines is 1. The number of unbranched alkanes of at least 4 members (excludes halogenated alkanes) is 1. The number of nitrogens with zero attached hydrogens (tertiary/aromatic N) is 3. The Morgan fingerprint density at radius 2 is 1.94 bits per heavy atom. The Hall–Kier alpha value is -4.31. The van der Waals surface area contributed by atoms with Gasteiger partial charge in [-0.2, -0.15) is 5.21 Å². The van der Waals surface area contributed by atoms with Crippen LogP contribution in [0.15, 0.2) is 69.2 Å². The summed E-state index contributed by atoms with van der Waals surface area (Å²) in [6, 6.07) is 15.9. The average molecular weight is 488 g/mol. The first-order valence-electron chi connectivity index (χ1n) is 11.0. The average Bonchev–Trinajstić information content (AvgIpc) is 3.60. The van der Waals surface area contributed by atoms with Crippen LogP contribution in [0.3, 0.4) is 0 Å². The Morgan fingerprint density at radius 3 is 2.69 bits per heavy atom. The molecular weight excluding hydrogens is 466 g/mol. The number of aryl methyl sites for hydroxylation is 1. The zero-order chi connectivity index (χ0) is 24.2. The zero-order valence-electron chi connectivity index (χ0n) is 18.6. The maximum absolute atomic E-state index is 13.3. The van der Waals surface area contributed by atoms with E-state index < -0.39 is 5.43 Å². The molecule has 176 valence electrons. The molecule has 0 bridgehead atoms. The van der Waals surface area contributed by atoms with Gasteiger partial charge in [-0.25, -0.2) is 0 Å². The molecule has 9 nitrogen and oxygen atoms in total. The van der Waals surface area contributed by atoms with Gasteiger partial charge in [0.2, 0.25) is 17.0 Å². The highest BCUT2D eigenvalue weighted by molar-refractivity contribution is 7.09. The van der Waals surface area contributed by atoms with Crippen molar-refractivity contribution in [2.24, 2.45) is 0 Å². The number of rotatable bonds is 9. The van der Waals surface area contributed by atoms with Crippen LogP contribution in [-0.4, -0.2) is 33.0 Å². The van der Waals surface area contributed by atoms with Gasteiger partial charge in [0.15, 0.2) is 5.78 Å². The van der Waals surface area contributed by atoms with Gasteiger partial charge >= 0.3 is 0 Å². The van der Waals surface area contributed by atoms with Crippen molar-refractivity contribution >= 4 is 33.8 Å². The molecule has 0 spiro atoms. The van der Waals surface area contributed by atoms with Crippen molar-refractivity contribution in [2.75, 3.05) is 12.3 Å². The largest absolute Gasteiger partial charge is 0.494 e. The second kappa shape index (κ2) is 9.90. The summed E-state index contributed by atoms with van der Waals surface area (Å²) in [5.74, 6) is 0.374. The van der Waals surface area contributed by atoms with Crippen LogP contribution in [0, 0.1) is 0 Å². The van der Waals surface area contributed by atoms with E-state index in [1.165, 1.54) is 4.88 Å². The Balaban J connectivity index is 1.33. The van der Waals surface area contributed by atoms with Crippen molar-refractivity contribution in [2.45, 2.75) is 19.3 Å². The fourth-order valence-corrected chi connectivity index (χ4v) is 4.49. The van der Waals surface area contributed by atoms with Gasteiger partial charge in [0.05, 0.1) is 17.6 Å². The van der Waals surface area contributed by atoms with Crippen LogP contribution in [-0.2, 0) is 6.42 Å². The number of benzene rings is 2. The minimum atomic E-state index is -0.469. The first-order valence-corrected chi connectivity index (χ1v) is 11.9. The van der Waals surface area contributed by atoms with Crippen molar-refractivity contribution in [1.82, 2.24) is 20.6 Å². The van der Waals surface area contributed by atoms with Crippen molar-refractivity contribution < 1.29 is 13.9 Å². The van der Waals surface area contributed by atoms with Gasteiger partial charge in [0, 0.05) is 10.4 Å². The first kappa shape index (κ1) is 22.5. The fraction of sp³-hybridized carbons (Fsp3) is 0.160. The number of carbonyl (C=O) groups is 1. The number of ether oxygens (including phenoxy) is 1. The van der Waals surface area contributed by atoms with Gasteiger partial charge in [0.1, 0.15) is 17.0 Å². The van der Waals surface area contributed by atoms with E-state index in [2.05, 4.69) is 38.1 Å². The summed E-state index contributed by atoms with van der Waals surface area (Å²) in [6.07, 6.45) is 3.05. The maximum atomic E-state index is 13.3. The summed E-state index contributed by atoms with van der Waals surface area (Å²) in [5, 5.41) is 15.7. The number of tetrazole rings is 1.